The van der Waals surface area contributed by atoms with Crippen LogP contribution in [-0.2, 0) is 11.3 Å². The van der Waals surface area contributed by atoms with Gasteiger partial charge < -0.3 is 9.47 Å². The van der Waals surface area contributed by atoms with Crippen molar-refractivity contribution >= 4 is 22.3 Å². The number of rotatable bonds is 5. The van der Waals surface area contributed by atoms with Crippen LogP contribution in [0.5, 0.6) is 5.75 Å². The summed E-state index contributed by atoms with van der Waals surface area (Å²) in [5, 5.41) is 1.72. The van der Waals surface area contributed by atoms with Gasteiger partial charge in [0.05, 0.1) is 11.3 Å². The molecule has 2 aromatic heterocycles. The lowest BCUT2D eigenvalue weighted by Crippen LogP contribution is -2.14. The van der Waals surface area contributed by atoms with E-state index in [-0.39, 0.29) is 23.5 Å². The average Bonchev–Trinajstić information content (AvgIpc) is 3.01. The van der Waals surface area contributed by atoms with Gasteiger partial charge in [0.1, 0.15) is 12.4 Å². The lowest BCUT2D eigenvalue weighted by atomic mass is 10.2. The first-order chi connectivity index (χ1) is 11.5. The highest BCUT2D eigenvalue weighted by atomic mass is 32.1. The Morgan fingerprint density at radius 3 is 2.96 bits per heavy atom. The van der Waals surface area contributed by atoms with Gasteiger partial charge in [-0.25, -0.2) is 9.78 Å². The smallest absolute Gasteiger partial charge is 0.387 e. The predicted octanol–water partition coefficient (Wildman–Crippen LogP) is 2.71. The number of carbonyl (C=O) groups is 1. The van der Waals surface area contributed by atoms with Crippen molar-refractivity contribution < 1.29 is 23.0 Å². The molecule has 0 N–H and O–H groups in total. The molecule has 2 heterocycles. The molecule has 0 saturated heterocycles. The maximum atomic E-state index is 12.2. The van der Waals surface area contributed by atoms with Crippen molar-refractivity contribution in [3.63, 3.8) is 0 Å². The second kappa shape index (κ2) is 6.75. The zero-order valence-electron chi connectivity index (χ0n) is 12.0. The van der Waals surface area contributed by atoms with Gasteiger partial charge in [-0.3, -0.25) is 9.20 Å². The maximum Gasteiger partial charge on any atom is 0.387 e. The van der Waals surface area contributed by atoms with Crippen LogP contribution in [0, 0.1) is 0 Å². The summed E-state index contributed by atoms with van der Waals surface area (Å²) in [6.07, 6.45) is 1.60. The normalized spacial score (nSPS) is 11.0. The average molecular weight is 352 g/mol. The third-order valence-electron chi connectivity index (χ3n) is 3.00. The summed E-state index contributed by atoms with van der Waals surface area (Å²) in [6, 6.07) is 6.53. The Bertz CT molecular complexity index is 938. The number of esters is 1. The van der Waals surface area contributed by atoms with Gasteiger partial charge in [-0.05, 0) is 18.2 Å². The highest BCUT2D eigenvalue weighted by Gasteiger charge is 2.12. The molecule has 0 unspecified atom stereocenters. The Hall–Kier alpha value is -2.81. The zero-order valence-corrected chi connectivity index (χ0v) is 12.8. The number of hydrogen-bond acceptors (Lipinski definition) is 6. The van der Waals surface area contributed by atoms with E-state index in [1.54, 1.807) is 11.6 Å². The molecule has 0 saturated carbocycles. The molecule has 3 rings (SSSR count). The number of nitrogens with zero attached hydrogens (tertiary/aromatic N) is 2. The van der Waals surface area contributed by atoms with E-state index in [1.807, 2.05) is 0 Å². The van der Waals surface area contributed by atoms with Crippen LogP contribution in [0.2, 0.25) is 0 Å². The molecular formula is C15H10F2N2O4S. The third kappa shape index (κ3) is 3.57. The molecule has 6 nitrogen and oxygen atoms in total. The van der Waals surface area contributed by atoms with Gasteiger partial charge >= 0.3 is 12.6 Å². The fourth-order valence-electron chi connectivity index (χ4n) is 1.98. The molecule has 0 atom stereocenters. The van der Waals surface area contributed by atoms with Crippen molar-refractivity contribution in [3.8, 4) is 5.75 Å². The maximum absolute atomic E-state index is 12.2. The standard InChI is InChI=1S/C15H10F2N2O4S/c16-14(17)23-11-3-1-2-9(6-11)13(21)22-8-10-7-12(20)19-4-5-24-15(19)18-10/h1-7,14H,8H2. The van der Waals surface area contributed by atoms with Gasteiger partial charge in [0, 0.05) is 17.6 Å². The van der Waals surface area contributed by atoms with Crippen LogP contribution in [0.4, 0.5) is 8.78 Å². The number of alkyl halides is 2. The van der Waals surface area contributed by atoms with Gasteiger partial charge in [0.25, 0.3) is 5.56 Å². The molecule has 0 amide bonds. The molecule has 1 aromatic carbocycles. The van der Waals surface area contributed by atoms with Crippen LogP contribution >= 0.6 is 11.3 Å². The van der Waals surface area contributed by atoms with Gasteiger partial charge in [-0.1, -0.05) is 6.07 Å². The molecule has 0 aliphatic heterocycles. The Kier molecular flexibility index (Phi) is 4.52. The predicted molar refractivity (Wildman–Crippen MR) is 81.5 cm³/mol. The summed E-state index contributed by atoms with van der Waals surface area (Å²) in [6.45, 7) is -3.19. The highest BCUT2D eigenvalue weighted by molar-refractivity contribution is 7.15. The molecule has 0 fully saturated rings. The molecule has 0 aliphatic rings. The minimum atomic E-state index is -2.98. The summed E-state index contributed by atoms with van der Waals surface area (Å²) in [4.78, 5) is 28.5. The quantitative estimate of drug-likeness (QED) is 0.661. The molecule has 0 spiro atoms. The summed E-state index contributed by atoms with van der Waals surface area (Å²) < 4.78 is 35.0. The number of benzene rings is 1. The number of hydrogen-bond donors (Lipinski definition) is 0. The molecule has 124 valence electrons. The van der Waals surface area contributed by atoms with Gasteiger partial charge in [0.2, 0.25) is 0 Å². The van der Waals surface area contributed by atoms with Crippen LogP contribution < -0.4 is 10.3 Å². The molecule has 0 radical (unpaired) electrons. The van der Waals surface area contributed by atoms with Gasteiger partial charge in [0.15, 0.2) is 4.96 Å². The fourth-order valence-corrected chi connectivity index (χ4v) is 2.72. The van der Waals surface area contributed by atoms with E-state index in [9.17, 15) is 18.4 Å². The van der Waals surface area contributed by atoms with Gasteiger partial charge in [-0.2, -0.15) is 8.78 Å². The Morgan fingerprint density at radius 1 is 1.33 bits per heavy atom. The van der Waals surface area contributed by atoms with Crippen LogP contribution in [0.3, 0.4) is 0 Å². The molecule has 24 heavy (non-hydrogen) atoms. The Labute approximate surface area is 137 Å². The highest BCUT2D eigenvalue weighted by Crippen LogP contribution is 2.17. The van der Waals surface area contributed by atoms with Gasteiger partial charge in [-0.15, -0.1) is 11.3 Å². The van der Waals surface area contributed by atoms with Crippen molar-refractivity contribution in [3.05, 3.63) is 63.5 Å². The number of thiazole rings is 1. The number of ether oxygens (including phenoxy) is 2. The molecule has 0 aliphatic carbocycles. The van der Waals surface area contributed by atoms with E-state index >= 15 is 0 Å². The van der Waals surface area contributed by atoms with Crippen molar-refractivity contribution in [2.45, 2.75) is 13.2 Å². The summed E-state index contributed by atoms with van der Waals surface area (Å²) >= 11 is 1.28. The van der Waals surface area contributed by atoms with E-state index in [0.717, 1.165) is 6.07 Å². The number of halogens is 2. The Balaban J connectivity index is 1.71. The lowest BCUT2D eigenvalue weighted by molar-refractivity contribution is -0.0499. The largest absolute Gasteiger partial charge is 0.456 e. The fraction of sp³-hybridized carbons (Fsp3) is 0.133. The van der Waals surface area contributed by atoms with E-state index in [4.69, 9.17) is 4.74 Å². The van der Waals surface area contributed by atoms with E-state index in [2.05, 4.69) is 9.72 Å². The zero-order chi connectivity index (χ0) is 17.1. The summed E-state index contributed by atoms with van der Waals surface area (Å²) in [7, 11) is 0. The first-order valence-electron chi connectivity index (χ1n) is 6.71. The van der Waals surface area contributed by atoms with E-state index in [0.29, 0.717) is 10.7 Å². The van der Waals surface area contributed by atoms with Crippen LogP contribution in [-0.4, -0.2) is 22.0 Å². The van der Waals surface area contributed by atoms with Crippen molar-refractivity contribution in [1.82, 2.24) is 9.38 Å². The molecule has 9 heteroatoms. The molecule has 3 aromatic rings. The monoisotopic (exact) mass is 352 g/mol. The number of fused-ring (bicyclic) bond motifs is 1. The lowest BCUT2D eigenvalue weighted by Gasteiger charge is -2.07. The summed E-state index contributed by atoms with van der Waals surface area (Å²) in [5.41, 5.74) is 0.0810. The Morgan fingerprint density at radius 2 is 2.17 bits per heavy atom. The van der Waals surface area contributed by atoms with Crippen LogP contribution in [0.1, 0.15) is 16.1 Å². The SMILES string of the molecule is O=C(OCc1cc(=O)n2ccsc2n1)c1cccc(OC(F)F)c1. The van der Waals surface area contributed by atoms with Crippen molar-refractivity contribution in [1.29, 1.82) is 0 Å². The summed E-state index contributed by atoms with van der Waals surface area (Å²) in [5.74, 6) is -0.876. The van der Waals surface area contributed by atoms with Crippen molar-refractivity contribution in [2.75, 3.05) is 0 Å². The van der Waals surface area contributed by atoms with Crippen molar-refractivity contribution in [2.24, 2.45) is 0 Å². The minimum Gasteiger partial charge on any atom is -0.456 e. The minimum absolute atomic E-state index is 0.0575. The second-order valence-electron chi connectivity index (χ2n) is 4.62. The molecular weight excluding hydrogens is 342 g/mol. The molecule has 0 bridgehead atoms. The first kappa shape index (κ1) is 16.1. The number of carbonyl (C=O) groups excluding carboxylic acids is 1. The second-order valence-corrected chi connectivity index (χ2v) is 5.50. The topological polar surface area (TPSA) is 69.9 Å². The number of aromatic nitrogens is 2. The van der Waals surface area contributed by atoms with E-state index in [1.165, 1.54) is 40.0 Å². The van der Waals surface area contributed by atoms with Crippen LogP contribution in [0.15, 0.2) is 46.7 Å². The van der Waals surface area contributed by atoms with Crippen LogP contribution in [0.25, 0.3) is 4.96 Å². The van der Waals surface area contributed by atoms with E-state index < -0.39 is 12.6 Å². The third-order valence-corrected chi connectivity index (χ3v) is 3.76. The first-order valence-corrected chi connectivity index (χ1v) is 7.59.